The maximum Gasteiger partial charge on any atom is 0.432 e. The maximum absolute atomic E-state index is 12.6. The van der Waals surface area contributed by atoms with Crippen LogP contribution in [0, 0.1) is 10.1 Å². The minimum absolute atomic E-state index is 0.00106. The highest BCUT2D eigenvalue weighted by atomic mass is 19.4. The fourth-order valence-electron chi connectivity index (χ4n) is 2.04. The molecule has 10 heteroatoms. The molecule has 0 radical (unpaired) electrons. The van der Waals surface area contributed by atoms with Crippen LogP contribution in [0.2, 0.25) is 0 Å². The first kappa shape index (κ1) is 19.7. The number of aromatic amines is 1. The van der Waals surface area contributed by atoms with Gasteiger partial charge in [0.2, 0.25) is 0 Å². The summed E-state index contributed by atoms with van der Waals surface area (Å²) >= 11 is 0. The molecule has 0 spiro atoms. The van der Waals surface area contributed by atoms with Crippen molar-refractivity contribution < 1.29 is 27.6 Å². The van der Waals surface area contributed by atoms with Crippen LogP contribution in [0.25, 0.3) is 11.4 Å². The Morgan fingerprint density at radius 3 is 2.46 bits per heavy atom. The number of ether oxygens (including phenoxy) is 2. The molecule has 1 aromatic carbocycles. The van der Waals surface area contributed by atoms with Crippen molar-refractivity contribution in [3.8, 4) is 17.1 Å². The van der Waals surface area contributed by atoms with Crippen LogP contribution in [0.15, 0.2) is 24.4 Å². The topological polar surface area (TPSA) is 90.3 Å². The van der Waals surface area contributed by atoms with Crippen LogP contribution in [-0.4, -0.2) is 33.7 Å². The lowest BCUT2D eigenvalue weighted by Crippen LogP contribution is -2.22. The van der Waals surface area contributed by atoms with Crippen LogP contribution < -0.4 is 4.74 Å². The van der Waals surface area contributed by atoms with Gasteiger partial charge in [-0.3, -0.25) is 10.1 Å². The van der Waals surface area contributed by atoms with E-state index in [4.69, 9.17) is 9.47 Å². The molecule has 142 valence electrons. The highest BCUT2D eigenvalue weighted by Crippen LogP contribution is 2.33. The van der Waals surface area contributed by atoms with Gasteiger partial charge in [-0.15, -0.1) is 0 Å². The second-order valence-corrected chi connectivity index (χ2v) is 6.39. The van der Waals surface area contributed by atoms with E-state index in [9.17, 15) is 23.3 Å². The maximum atomic E-state index is 12.6. The average Bonchev–Trinajstić information content (AvgIpc) is 3.00. The van der Waals surface area contributed by atoms with Gasteiger partial charge in [0, 0.05) is 11.6 Å². The van der Waals surface area contributed by atoms with Crippen molar-refractivity contribution >= 4 is 5.69 Å². The molecule has 0 fully saturated rings. The van der Waals surface area contributed by atoms with E-state index in [1.807, 2.05) is 20.8 Å². The Balaban J connectivity index is 2.18. The highest BCUT2D eigenvalue weighted by molar-refractivity contribution is 5.63. The summed E-state index contributed by atoms with van der Waals surface area (Å²) in [5.74, 6) is -0.123. The van der Waals surface area contributed by atoms with Crippen molar-refractivity contribution in [2.45, 2.75) is 32.5 Å². The first-order chi connectivity index (χ1) is 12.0. The van der Waals surface area contributed by atoms with Gasteiger partial charge in [-0.25, -0.2) is 4.98 Å². The quantitative estimate of drug-likeness (QED) is 0.466. The standard InChI is InChI=1S/C16H18F3N3O4/c1-15(2,3)26-7-6-25-12-5-4-10(8-11(12)22(23)24)14-20-9-13(21-14)16(17,18)19/h4-5,8-9H,6-7H2,1-3H3,(H,20,21). The van der Waals surface area contributed by atoms with Gasteiger partial charge in [0.25, 0.3) is 0 Å². The third-order valence-electron chi connectivity index (χ3n) is 3.19. The van der Waals surface area contributed by atoms with E-state index >= 15 is 0 Å². The Labute approximate surface area is 147 Å². The zero-order valence-corrected chi connectivity index (χ0v) is 14.4. The fourth-order valence-corrected chi connectivity index (χ4v) is 2.04. The molecule has 0 aliphatic carbocycles. The average molecular weight is 373 g/mol. The number of halogens is 3. The predicted molar refractivity (Wildman–Crippen MR) is 86.9 cm³/mol. The number of rotatable bonds is 6. The SMILES string of the molecule is CC(C)(C)OCCOc1ccc(-c2ncc(C(F)(F)F)[nH]2)cc1[N+](=O)[O-]. The molecule has 0 unspecified atom stereocenters. The fraction of sp³-hybridized carbons (Fsp3) is 0.438. The number of imidazole rings is 1. The minimum atomic E-state index is -4.58. The summed E-state index contributed by atoms with van der Waals surface area (Å²) in [5, 5.41) is 11.2. The van der Waals surface area contributed by atoms with Crippen LogP contribution in [0.5, 0.6) is 5.75 Å². The molecular formula is C16H18F3N3O4. The largest absolute Gasteiger partial charge is 0.484 e. The lowest BCUT2D eigenvalue weighted by molar-refractivity contribution is -0.385. The van der Waals surface area contributed by atoms with E-state index in [0.717, 1.165) is 6.07 Å². The van der Waals surface area contributed by atoms with Gasteiger partial charge in [-0.05, 0) is 32.9 Å². The molecule has 26 heavy (non-hydrogen) atoms. The van der Waals surface area contributed by atoms with E-state index in [1.54, 1.807) is 0 Å². The number of H-pyrrole nitrogens is 1. The number of hydrogen-bond acceptors (Lipinski definition) is 5. The first-order valence-electron chi connectivity index (χ1n) is 7.65. The summed E-state index contributed by atoms with van der Waals surface area (Å²) in [5.41, 5.74) is -1.63. The molecule has 0 saturated heterocycles. The van der Waals surface area contributed by atoms with Crippen LogP contribution in [-0.2, 0) is 10.9 Å². The second kappa shape index (κ2) is 7.32. The zero-order valence-electron chi connectivity index (χ0n) is 14.4. The van der Waals surface area contributed by atoms with E-state index in [2.05, 4.69) is 9.97 Å². The predicted octanol–water partition coefficient (Wildman–Crippen LogP) is 4.20. The van der Waals surface area contributed by atoms with Gasteiger partial charge < -0.3 is 14.5 Å². The Morgan fingerprint density at radius 1 is 1.23 bits per heavy atom. The molecule has 2 aromatic rings. The molecule has 7 nitrogen and oxygen atoms in total. The van der Waals surface area contributed by atoms with Crippen LogP contribution in [0.4, 0.5) is 18.9 Å². The Kier molecular flexibility index (Phi) is 5.55. The summed E-state index contributed by atoms with van der Waals surface area (Å²) < 4.78 is 48.7. The minimum Gasteiger partial charge on any atom is -0.484 e. The van der Waals surface area contributed by atoms with Gasteiger partial charge in [0.1, 0.15) is 18.1 Å². The number of nitro benzene ring substituents is 1. The summed E-state index contributed by atoms with van der Waals surface area (Å²) in [4.78, 5) is 16.3. The lowest BCUT2D eigenvalue weighted by Gasteiger charge is -2.19. The van der Waals surface area contributed by atoms with Crippen molar-refractivity contribution in [2.75, 3.05) is 13.2 Å². The van der Waals surface area contributed by atoms with Crippen LogP contribution in [0.1, 0.15) is 26.5 Å². The van der Waals surface area contributed by atoms with E-state index < -0.39 is 16.8 Å². The molecule has 1 N–H and O–H groups in total. The van der Waals surface area contributed by atoms with Crippen molar-refractivity contribution in [3.63, 3.8) is 0 Å². The molecule has 1 heterocycles. The number of nitrogens with one attached hydrogen (secondary N) is 1. The molecule has 0 saturated carbocycles. The highest BCUT2D eigenvalue weighted by Gasteiger charge is 2.33. The van der Waals surface area contributed by atoms with Crippen LogP contribution in [0.3, 0.4) is 0 Å². The number of alkyl halides is 3. The number of benzene rings is 1. The third kappa shape index (κ3) is 5.19. The molecule has 0 atom stereocenters. The monoisotopic (exact) mass is 373 g/mol. The smallest absolute Gasteiger partial charge is 0.432 e. The lowest BCUT2D eigenvalue weighted by atomic mass is 10.2. The summed E-state index contributed by atoms with van der Waals surface area (Å²) in [6, 6.07) is 3.82. The van der Waals surface area contributed by atoms with E-state index in [0.29, 0.717) is 6.20 Å². The summed E-state index contributed by atoms with van der Waals surface area (Å²) in [6.07, 6.45) is -3.94. The van der Waals surface area contributed by atoms with E-state index in [1.165, 1.54) is 12.1 Å². The van der Waals surface area contributed by atoms with Crippen molar-refractivity contribution in [1.29, 1.82) is 0 Å². The van der Waals surface area contributed by atoms with Crippen LogP contribution >= 0.6 is 0 Å². The molecular weight excluding hydrogens is 355 g/mol. The Morgan fingerprint density at radius 2 is 1.92 bits per heavy atom. The Hall–Kier alpha value is -2.62. The number of hydrogen-bond donors (Lipinski definition) is 1. The molecule has 0 aliphatic rings. The Bertz CT molecular complexity index is 782. The molecule has 0 aliphatic heterocycles. The third-order valence-corrected chi connectivity index (χ3v) is 3.19. The molecule has 2 rings (SSSR count). The summed E-state index contributed by atoms with van der Waals surface area (Å²) in [7, 11) is 0. The van der Waals surface area contributed by atoms with Gasteiger partial charge >= 0.3 is 11.9 Å². The number of nitro groups is 1. The first-order valence-corrected chi connectivity index (χ1v) is 7.65. The van der Waals surface area contributed by atoms with Crippen molar-refractivity contribution in [2.24, 2.45) is 0 Å². The van der Waals surface area contributed by atoms with Crippen molar-refractivity contribution in [1.82, 2.24) is 9.97 Å². The molecule has 1 aromatic heterocycles. The number of nitrogens with zero attached hydrogens (tertiary/aromatic N) is 2. The van der Waals surface area contributed by atoms with Gasteiger partial charge in [-0.1, -0.05) is 0 Å². The number of aromatic nitrogens is 2. The van der Waals surface area contributed by atoms with E-state index in [-0.39, 0.29) is 41.6 Å². The second-order valence-electron chi connectivity index (χ2n) is 6.39. The van der Waals surface area contributed by atoms with Gasteiger partial charge in [-0.2, -0.15) is 13.2 Å². The zero-order chi connectivity index (χ0) is 19.5. The normalized spacial score (nSPS) is 12.2. The molecule has 0 amide bonds. The van der Waals surface area contributed by atoms with Gasteiger partial charge in [0.15, 0.2) is 5.75 Å². The van der Waals surface area contributed by atoms with Crippen molar-refractivity contribution in [3.05, 3.63) is 40.2 Å². The van der Waals surface area contributed by atoms with Gasteiger partial charge in [0.05, 0.1) is 23.3 Å². The molecule has 0 bridgehead atoms. The summed E-state index contributed by atoms with van der Waals surface area (Å²) in [6.45, 7) is 5.92.